The maximum Gasteiger partial charge on any atom is 0.244 e. The Kier molecular flexibility index (Phi) is 7.53. The third-order valence-corrected chi connectivity index (χ3v) is 6.55. The monoisotopic (exact) mass is 432 g/mol. The summed E-state index contributed by atoms with van der Waals surface area (Å²) < 4.78 is 31.8. The van der Waals surface area contributed by atoms with Gasteiger partial charge in [0.25, 0.3) is 0 Å². The van der Waals surface area contributed by atoms with E-state index in [1.54, 1.807) is 19.1 Å². The highest BCUT2D eigenvalue weighted by Gasteiger charge is 2.32. The number of aryl methyl sites for hydroxylation is 3. The van der Waals surface area contributed by atoms with E-state index in [0.717, 1.165) is 27.3 Å². The second-order valence-electron chi connectivity index (χ2n) is 7.72. The molecule has 2 rings (SSSR count). The van der Waals surface area contributed by atoms with Crippen molar-refractivity contribution in [2.45, 2.75) is 53.1 Å². The molecule has 0 saturated heterocycles. The molecule has 0 heterocycles. The van der Waals surface area contributed by atoms with Gasteiger partial charge in [-0.2, -0.15) is 0 Å². The van der Waals surface area contributed by atoms with Crippen molar-refractivity contribution in [2.75, 3.05) is 17.7 Å². The smallest absolute Gasteiger partial charge is 0.244 e. The fourth-order valence-corrected chi connectivity index (χ4v) is 4.62. The highest BCUT2D eigenvalue weighted by atomic mass is 32.2. The first kappa shape index (κ1) is 23.7. The average molecular weight is 433 g/mol. The van der Waals surface area contributed by atoms with Gasteiger partial charge in [-0.15, -0.1) is 0 Å². The quantitative estimate of drug-likeness (QED) is 0.683. The number of carbonyl (C=O) groups is 1. The van der Waals surface area contributed by atoms with Crippen LogP contribution in [0.5, 0.6) is 5.75 Å². The zero-order valence-electron chi connectivity index (χ0n) is 18.8. The minimum absolute atomic E-state index is 0.208. The summed E-state index contributed by atoms with van der Waals surface area (Å²) in [7, 11) is -2.26. The average Bonchev–Trinajstić information content (AvgIpc) is 2.67. The van der Waals surface area contributed by atoms with Gasteiger partial charge >= 0.3 is 0 Å². The van der Waals surface area contributed by atoms with Crippen LogP contribution >= 0.6 is 0 Å². The standard InChI is InChI=1S/C23H32N2O4S/c1-8-20(19-11-10-16(3)17(4)14-19)24-23(26)18(5)25(30(7,27)28)21-13-15(2)9-12-22(21)29-6/h9-14,18,20H,8H2,1-7H3,(H,24,26)/t18-,20-/m1/s1. The second kappa shape index (κ2) is 9.51. The molecule has 0 spiro atoms. The number of methoxy groups -OCH3 is 1. The summed E-state index contributed by atoms with van der Waals surface area (Å²) >= 11 is 0. The van der Waals surface area contributed by atoms with Crippen molar-refractivity contribution in [3.05, 3.63) is 58.7 Å². The molecular weight excluding hydrogens is 400 g/mol. The summed E-state index contributed by atoms with van der Waals surface area (Å²) in [6.07, 6.45) is 1.78. The molecule has 0 bridgehead atoms. The fraction of sp³-hybridized carbons (Fsp3) is 0.435. The summed E-state index contributed by atoms with van der Waals surface area (Å²) in [5.41, 5.74) is 4.55. The van der Waals surface area contributed by atoms with Crippen LogP contribution in [0.1, 0.15) is 48.6 Å². The van der Waals surface area contributed by atoms with Gasteiger partial charge in [-0.05, 0) is 68.5 Å². The van der Waals surface area contributed by atoms with Crippen molar-refractivity contribution in [1.29, 1.82) is 0 Å². The summed E-state index contributed by atoms with van der Waals surface area (Å²) in [4.78, 5) is 13.1. The van der Waals surface area contributed by atoms with Gasteiger partial charge in [0.1, 0.15) is 11.8 Å². The second-order valence-corrected chi connectivity index (χ2v) is 9.58. The van der Waals surface area contributed by atoms with Gasteiger partial charge < -0.3 is 10.1 Å². The van der Waals surface area contributed by atoms with E-state index in [4.69, 9.17) is 4.74 Å². The molecular formula is C23H32N2O4S. The highest BCUT2D eigenvalue weighted by Crippen LogP contribution is 2.33. The number of rotatable bonds is 8. The van der Waals surface area contributed by atoms with Gasteiger partial charge in [0, 0.05) is 0 Å². The number of nitrogens with zero attached hydrogens (tertiary/aromatic N) is 1. The Balaban J connectivity index is 2.38. The maximum atomic E-state index is 13.1. The first-order valence-corrected chi connectivity index (χ1v) is 11.9. The van der Waals surface area contributed by atoms with Crippen LogP contribution in [0.3, 0.4) is 0 Å². The van der Waals surface area contributed by atoms with Crippen molar-refractivity contribution < 1.29 is 17.9 Å². The summed E-state index contributed by atoms with van der Waals surface area (Å²) in [6, 6.07) is 10.2. The molecule has 2 aromatic carbocycles. The number of sulfonamides is 1. The van der Waals surface area contributed by atoms with E-state index in [2.05, 4.69) is 11.4 Å². The number of benzene rings is 2. The molecule has 0 aliphatic carbocycles. The highest BCUT2D eigenvalue weighted by molar-refractivity contribution is 7.92. The Hall–Kier alpha value is -2.54. The molecule has 0 aromatic heterocycles. The molecule has 30 heavy (non-hydrogen) atoms. The van der Waals surface area contributed by atoms with E-state index in [9.17, 15) is 13.2 Å². The van der Waals surface area contributed by atoms with Gasteiger partial charge in [0.2, 0.25) is 15.9 Å². The number of anilines is 1. The minimum atomic E-state index is -3.74. The Morgan fingerprint density at radius 3 is 2.30 bits per heavy atom. The van der Waals surface area contributed by atoms with E-state index < -0.39 is 16.1 Å². The zero-order chi connectivity index (χ0) is 22.6. The van der Waals surface area contributed by atoms with Crippen LogP contribution in [0.4, 0.5) is 5.69 Å². The number of hydrogen-bond acceptors (Lipinski definition) is 4. The minimum Gasteiger partial charge on any atom is -0.495 e. The number of amides is 1. The zero-order valence-corrected chi connectivity index (χ0v) is 19.6. The molecule has 2 atom stereocenters. The SMILES string of the molecule is CC[C@@H](NC(=O)[C@@H](C)N(c1cc(C)ccc1OC)S(C)(=O)=O)c1ccc(C)c(C)c1. The van der Waals surface area contributed by atoms with Crippen molar-refractivity contribution in [3.63, 3.8) is 0 Å². The lowest BCUT2D eigenvalue weighted by Crippen LogP contribution is -2.48. The Bertz CT molecular complexity index is 1020. The van der Waals surface area contributed by atoms with Crippen LogP contribution in [0.25, 0.3) is 0 Å². The van der Waals surface area contributed by atoms with Crippen LogP contribution in [0.2, 0.25) is 0 Å². The van der Waals surface area contributed by atoms with Gasteiger partial charge in [-0.3, -0.25) is 9.10 Å². The Morgan fingerprint density at radius 2 is 1.77 bits per heavy atom. The number of carbonyl (C=O) groups excluding carboxylic acids is 1. The molecule has 6 nitrogen and oxygen atoms in total. The molecule has 2 aromatic rings. The van der Waals surface area contributed by atoms with Gasteiger partial charge in [0.05, 0.1) is 25.1 Å². The number of ether oxygens (including phenoxy) is 1. The third-order valence-electron chi connectivity index (χ3n) is 5.32. The molecule has 7 heteroatoms. The lowest BCUT2D eigenvalue weighted by molar-refractivity contribution is -0.122. The normalized spacial score (nSPS) is 13.4. The number of hydrogen-bond donors (Lipinski definition) is 1. The molecule has 0 aliphatic rings. The van der Waals surface area contributed by atoms with Gasteiger partial charge in [-0.1, -0.05) is 31.2 Å². The van der Waals surface area contributed by atoms with Gasteiger partial charge in [0.15, 0.2) is 0 Å². The van der Waals surface area contributed by atoms with E-state index in [1.807, 2.05) is 45.9 Å². The van der Waals surface area contributed by atoms with Crippen molar-refractivity contribution in [1.82, 2.24) is 5.32 Å². The molecule has 0 aliphatic heterocycles. The largest absolute Gasteiger partial charge is 0.495 e. The van der Waals surface area contributed by atoms with Crippen molar-refractivity contribution in [3.8, 4) is 5.75 Å². The number of nitrogens with one attached hydrogen (secondary N) is 1. The molecule has 1 N–H and O–H groups in total. The first-order chi connectivity index (χ1) is 14.0. The van der Waals surface area contributed by atoms with E-state index in [-0.39, 0.29) is 11.9 Å². The fourth-order valence-electron chi connectivity index (χ4n) is 3.45. The Morgan fingerprint density at radius 1 is 1.10 bits per heavy atom. The van der Waals surface area contributed by atoms with E-state index >= 15 is 0 Å². The van der Waals surface area contributed by atoms with E-state index in [1.165, 1.54) is 12.7 Å². The predicted molar refractivity (Wildman–Crippen MR) is 122 cm³/mol. The summed E-state index contributed by atoms with van der Waals surface area (Å²) in [5, 5.41) is 3.02. The molecule has 0 fully saturated rings. The van der Waals surface area contributed by atoms with Crippen molar-refractivity contribution >= 4 is 21.6 Å². The molecule has 0 unspecified atom stereocenters. The van der Waals surface area contributed by atoms with Crippen LogP contribution in [-0.2, 0) is 14.8 Å². The van der Waals surface area contributed by atoms with Crippen LogP contribution in [-0.4, -0.2) is 33.7 Å². The van der Waals surface area contributed by atoms with Crippen LogP contribution in [0, 0.1) is 20.8 Å². The summed E-state index contributed by atoms with van der Waals surface area (Å²) in [5.74, 6) is 0.0286. The van der Waals surface area contributed by atoms with Crippen LogP contribution < -0.4 is 14.4 Å². The van der Waals surface area contributed by atoms with Crippen molar-refractivity contribution in [2.24, 2.45) is 0 Å². The lowest BCUT2D eigenvalue weighted by Gasteiger charge is -2.31. The Labute approximate surface area is 180 Å². The third kappa shape index (κ3) is 5.33. The predicted octanol–water partition coefficient (Wildman–Crippen LogP) is 4.04. The lowest BCUT2D eigenvalue weighted by atomic mass is 9.99. The van der Waals surface area contributed by atoms with E-state index in [0.29, 0.717) is 17.9 Å². The topological polar surface area (TPSA) is 75.7 Å². The molecule has 0 saturated carbocycles. The molecule has 164 valence electrons. The van der Waals surface area contributed by atoms with Gasteiger partial charge in [-0.25, -0.2) is 8.42 Å². The maximum absolute atomic E-state index is 13.1. The summed E-state index contributed by atoms with van der Waals surface area (Å²) in [6.45, 7) is 9.51. The van der Waals surface area contributed by atoms with Crippen LogP contribution in [0.15, 0.2) is 36.4 Å². The molecule has 0 radical (unpaired) electrons. The molecule has 1 amide bonds. The first-order valence-electron chi connectivity index (χ1n) is 10.0.